The number of nitrogens with one attached hydrogen (secondary N) is 1. The number of halogens is 1. The fourth-order valence-corrected chi connectivity index (χ4v) is 5.58. The molecule has 0 radical (unpaired) electrons. The maximum atomic E-state index is 13.2. The van der Waals surface area contributed by atoms with Gasteiger partial charge in [0.1, 0.15) is 11.1 Å². The predicted molar refractivity (Wildman–Crippen MR) is 109 cm³/mol. The second-order valence-corrected chi connectivity index (χ2v) is 9.62. The van der Waals surface area contributed by atoms with Crippen molar-refractivity contribution in [3.63, 3.8) is 0 Å². The Hall–Kier alpha value is -2.51. The number of hydrogen-bond donors (Lipinski definition) is 1. The lowest BCUT2D eigenvalue weighted by molar-refractivity contribution is 0.0953. The molecule has 0 spiro atoms. The summed E-state index contributed by atoms with van der Waals surface area (Å²) in [4.78, 5) is 13.2. The highest BCUT2D eigenvalue weighted by Gasteiger charge is 2.30. The molecular weight excluding hydrogens is 397 g/mol. The Bertz CT molecular complexity index is 1080. The van der Waals surface area contributed by atoms with E-state index in [0.29, 0.717) is 10.4 Å². The van der Waals surface area contributed by atoms with Crippen molar-refractivity contribution in [1.82, 2.24) is 5.32 Å². The van der Waals surface area contributed by atoms with Gasteiger partial charge in [0, 0.05) is 17.0 Å². The molecule has 1 heterocycles. The second-order valence-electron chi connectivity index (χ2n) is 6.51. The van der Waals surface area contributed by atoms with E-state index in [2.05, 4.69) is 5.32 Å². The smallest absolute Gasteiger partial charge is 0.251 e. The molecule has 0 saturated heterocycles. The van der Waals surface area contributed by atoms with Crippen LogP contribution in [0.2, 0.25) is 0 Å². The summed E-state index contributed by atoms with van der Waals surface area (Å²) in [5.74, 6) is -0.839. The van der Waals surface area contributed by atoms with E-state index in [0.717, 1.165) is 23.3 Å². The summed E-state index contributed by atoms with van der Waals surface area (Å²) < 4.78 is 39.4. The summed E-state index contributed by atoms with van der Waals surface area (Å²) >= 11 is 1.30. The van der Waals surface area contributed by atoms with Crippen molar-refractivity contribution in [1.29, 1.82) is 0 Å². The normalized spacial score (nSPS) is 12.5. The predicted octanol–water partition coefficient (Wildman–Crippen LogP) is 4.45. The molecule has 0 unspecified atom stereocenters. The summed E-state index contributed by atoms with van der Waals surface area (Å²) in [5.41, 5.74) is 2.54. The highest BCUT2D eigenvalue weighted by molar-refractivity contribution is 7.91. The minimum Gasteiger partial charge on any atom is -0.350 e. The lowest BCUT2D eigenvalue weighted by Crippen LogP contribution is -2.31. The van der Waals surface area contributed by atoms with Crippen LogP contribution >= 0.6 is 11.3 Å². The first-order valence-corrected chi connectivity index (χ1v) is 11.1. The summed E-state index contributed by atoms with van der Waals surface area (Å²) in [6.07, 6.45) is 0. The molecule has 3 aromatic rings. The fraction of sp³-hybridized carbons (Fsp3) is 0.190. The van der Waals surface area contributed by atoms with Gasteiger partial charge < -0.3 is 5.32 Å². The van der Waals surface area contributed by atoms with Crippen LogP contribution in [0.4, 0.5) is 4.39 Å². The highest BCUT2D eigenvalue weighted by Crippen LogP contribution is 2.31. The van der Waals surface area contributed by atoms with Crippen LogP contribution in [-0.4, -0.2) is 20.9 Å². The number of hydrogen-bond acceptors (Lipinski definition) is 4. The van der Waals surface area contributed by atoms with E-state index in [1.807, 2.05) is 19.9 Å². The van der Waals surface area contributed by atoms with Crippen LogP contribution in [0.3, 0.4) is 0 Å². The van der Waals surface area contributed by atoms with Crippen molar-refractivity contribution >= 4 is 27.1 Å². The monoisotopic (exact) mass is 417 g/mol. The van der Waals surface area contributed by atoms with Gasteiger partial charge in [-0.15, -0.1) is 11.3 Å². The minimum atomic E-state index is -3.80. The maximum absolute atomic E-state index is 13.2. The van der Waals surface area contributed by atoms with Crippen LogP contribution in [0.15, 0.2) is 64.9 Å². The summed E-state index contributed by atoms with van der Waals surface area (Å²) in [6.45, 7) is 3.80. The van der Waals surface area contributed by atoms with Crippen LogP contribution in [0.5, 0.6) is 0 Å². The van der Waals surface area contributed by atoms with Gasteiger partial charge in [0.2, 0.25) is 0 Å². The zero-order valence-electron chi connectivity index (χ0n) is 15.5. The summed E-state index contributed by atoms with van der Waals surface area (Å²) in [6, 6.07) is 13.6. The molecule has 1 atom stereocenters. The van der Waals surface area contributed by atoms with Crippen molar-refractivity contribution < 1.29 is 17.6 Å². The molecule has 0 aliphatic rings. The van der Waals surface area contributed by atoms with Crippen molar-refractivity contribution in [3.8, 4) is 0 Å². The topological polar surface area (TPSA) is 63.2 Å². The van der Waals surface area contributed by atoms with E-state index in [4.69, 9.17) is 0 Å². The van der Waals surface area contributed by atoms with Crippen LogP contribution < -0.4 is 5.32 Å². The first-order chi connectivity index (χ1) is 13.3. The number of amides is 1. The molecule has 7 heteroatoms. The molecule has 0 bridgehead atoms. The standard InChI is InChI=1S/C21H20FNO3S2/c1-14-5-6-16(12-15(14)2)21(24)23-13-20(19-4-3-11-27-19)28(25,26)18-9-7-17(22)8-10-18/h3-12,20H,13H2,1-2H3,(H,23,24)/t20-/m1/s1. The van der Waals surface area contributed by atoms with E-state index in [1.165, 1.54) is 23.5 Å². The van der Waals surface area contributed by atoms with E-state index >= 15 is 0 Å². The Morgan fingerprint density at radius 2 is 1.79 bits per heavy atom. The van der Waals surface area contributed by atoms with E-state index in [-0.39, 0.29) is 17.3 Å². The van der Waals surface area contributed by atoms with Gasteiger partial charge in [-0.05, 0) is 72.8 Å². The molecule has 1 amide bonds. The number of sulfone groups is 1. The molecule has 146 valence electrons. The van der Waals surface area contributed by atoms with Gasteiger partial charge in [0.05, 0.1) is 4.90 Å². The van der Waals surface area contributed by atoms with Gasteiger partial charge in [-0.25, -0.2) is 12.8 Å². The van der Waals surface area contributed by atoms with E-state index in [1.54, 1.807) is 29.6 Å². The van der Waals surface area contributed by atoms with Crippen molar-refractivity contribution in [3.05, 3.63) is 87.4 Å². The molecule has 2 aromatic carbocycles. The number of benzene rings is 2. The number of carbonyl (C=O) groups is 1. The highest BCUT2D eigenvalue weighted by atomic mass is 32.2. The average molecular weight is 418 g/mol. The molecule has 1 aromatic heterocycles. The van der Waals surface area contributed by atoms with Crippen LogP contribution in [0.25, 0.3) is 0 Å². The Kier molecular flexibility index (Phi) is 5.96. The summed E-state index contributed by atoms with van der Waals surface area (Å²) in [7, 11) is -3.80. The Balaban J connectivity index is 1.86. The van der Waals surface area contributed by atoms with Crippen LogP contribution in [0, 0.1) is 19.7 Å². The molecule has 0 aliphatic heterocycles. The van der Waals surface area contributed by atoms with Crippen LogP contribution in [-0.2, 0) is 9.84 Å². The van der Waals surface area contributed by atoms with Gasteiger partial charge in [0.25, 0.3) is 5.91 Å². The first-order valence-electron chi connectivity index (χ1n) is 8.67. The van der Waals surface area contributed by atoms with Gasteiger partial charge in [-0.3, -0.25) is 4.79 Å². The molecule has 0 fully saturated rings. The Morgan fingerprint density at radius 3 is 2.39 bits per heavy atom. The zero-order chi connectivity index (χ0) is 20.3. The number of thiophene rings is 1. The minimum absolute atomic E-state index is 0.0210. The third kappa shape index (κ3) is 4.31. The van der Waals surface area contributed by atoms with Crippen molar-refractivity contribution in [2.75, 3.05) is 6.54 Å². The number of aryl methyl sites for hydroxylation is 2. The molecule has 0 saturated carbocycles. The Morgan fingerprint density at radius 1 is 1.07 bits per heavy atom. The van der Waals surface area contributed by atoms with Crippen LogP contribution in [0.1, 0.15) is 31.6 Å². The lowest BCUT2D eigenvalue weighted by Gasteiger charge is -2.18. The SMILES string of the molecule is Cc1ccc(C(=O)NC[C@H](c2cccs2)S(=O)(=O)c2ccc(F)cc2)cc1C. The van der Waals surface area contributed by atoms with Crippen molar-refractivity contribution in [2.45, 2.75) is 24.0 Å². The molecule has 0 aliphatic carbocycles. The van der Waals surface area contributed by atoms with Gasteiger partial charge in [-0.1, -0.05) is 12.1 Å². The molecule has 1 N–H and O–H groups in total. The molecule has 3 rings (SSSR count). The van der Waals surface area contributed by atoms with Gasteiger partial charge in [-0.2, -0.15) is 0 Å². The second kappa shape index (κ2) is 8.24. The lowest BCUT2D eigenvalue weighted by atomic mass is 10.1. The van der Waals surface area contributed by atoms with E-state index in [9.17, 15) is 17.6 Å². The van der Waals surface area contributed by atoms with Crippen molar-refractivity contribution in [2.24, 2.45) is 0 Å². The number of carbonyl (C=O) groups excluding carboxylic acids is 1. The average Bonchev–Trinajstić information content (AvgIpc) is 3.18. The van der Waals surface area contributed by atoms with E-state index < -0.39 is 20.9 Å². The maximum Gasteiger partial charge on any atom is 0.251 e. The third-order valence-electron chi connectivity index (χ3n) is 4.59. The largest absolute Gasteiger partial charge is 0.350 e. The molecule has 4 nitrogen and oxygen atoms in total. The third-order valence-corrected chi connectivity index (χ3v) is 7.83. The molecular formula is C21H20FNO3S2. The fourth-order valence-electron chi connectivity index (χ4n) is 2.80. The van der Waals surface area contributed by atoms with Gasteiger partial charge in [0.15, 0.2) is 9.84 Å². The molecule has 28 heavy (non-hydrogen) atoms. The first kappa shape index (κ1) is 20.2. The Labute approximate surface area is 168 Å². The quantitative estimate of drug-likeness (QED) is 0.603. The van der Waals surface area contributed by atoms with Gasteiger partial charge >= 0.3 is 0 Å². The summed E-state index contributed by atoms with van der Waals surface area (Å²) in [5, 5.41) is 3.57. The zero-order valence-corrected chi connectivity index (χ0v) is 17.1. The number of rotatable bonds is 6.